The van der Waals surface area contributed by atoms with Crippen molar-refractivity contribution in [2.75, 3.05) is 7.11 Å². The van der Waals surface area contributed by atoms with Crippen molar-refractivity contribution in [3.05, 3.63) is 62.3 Å². The van der Waals surface area contributed by atoms with Gasteiger partial charge < -0.3 is 4.74 Å². The second-order valence-electron chi connectivity index (χ2n) is 3.93. The van der Waals surface area contributed by atoms with Gasteiger partial charge in [0.25, 0.3) is 0 Å². The normalized spacial score (nSPS) is 12.3. The van der Waals surface area contributed by atoms with E-state index in [1.807, 2.05) is 18.2 Å². The standard InChI is InChI=1S/C14H10Br2ClFO/c1-19-13-5-3-8(6-11(13)16)14(17)9-2-4-10(15)12(18)7-9/h2-7,14H,1H3. The van der Waals surface area contributed by atoms with Crippen molar-refractivity contribution >= 4 is 43.5 Å². The molecule has 0 fully saturated rings. The third-order valence-corrected chi connectivity index (χ3v) is 4.47. The summed E-state index contributed by atoms with van der Waals surface area (Å²) >= 11 is 12.9. The lowest BCUT2D eigenvalue weighted by atomic mass is 10.0. The largest absolute Gasteiger partial charge is 0.496 e. The molecule has 0 radical (unpaired) electrons. The van der Waals surface area contributed by atoms with Crippen LogP contribution in [0.2, 0.25) is 0 Å². The van der Waals surface area contributed by atoms with Crippen molar-refractivity contribution in [1.82, 2.24) is 0 Å². The summed E-state index contributed by atoms with van der Waals surface area (Å²) < 4.78 is 19.9. The van der Waals surface area contributed by atoms with E-state index in [0.29, 0.717) is 10.0 Å². The zero-order chi connectivity index (χ0) is 14.0. The van der Waals surface area contributed by atoms with Gasteiger partial charge in [0, 0.05) is 0 Å². The first-order valence-electron chi connectivity index (χ1n) is 5.45. The number of rotatable bonds is 3. The van der Waals surface area contributed by atoms with Crippen LogP contribution in [0.15, 0.2) is 45.3 Å². The highest BCUT2D eigenvalue weighted by Crippen LogP contribution is 2.35. The third kappa shape index (κ3) is 3.30. The molecular weight excluding hydrogens is 398 g/mol. The van der Waals surface area contributed by atoms with Crippen molar-refractivity contribution in [2.24, 2.45) is 0 Å². The van der Waals surface area contributed by atoms with Crippen LogP contribution >= 0.6 is 43.5 Å². The minimum Gasteiger partial charge on any atom is -0.496 e. The van der Waals surface area contributed by atoms with Crippen molar-refractivity contribution in [3.63, 3.8) is 0 Å². The molecule has 2 aromatic rings. The topological polar surface area (TPSA) is 9.23 Å². The second-order valence-corrected chi connectivity index (χ2v) is 6.08. The maximum Gasteiger partial charge on any atom is 0.137 e. The van der Waals surface area contributed by atoms with E-state index in [1.54, 1.807) is 19.2 Å². The molecule has 0 bridgehead atoms. The first-order valence-corrected chi connectivity index (χ1v) is 7.47. The van der Waals surface area contributed by atoms with Gasteiger partial charge in [0.05, 0.1) is 21.4 Å². The second kappa shape index (κ2) is 6.25. The van der Waals surface area contributed by atoms with Gasteiger partial charge in [-0.2, -0.15) is 0 Å². The number of benzene rings is 2. The van der Waals surface area contributed by atoms with Crippen LogP contribution in [0.5, 0.6) is 5.75 Å². The van der Waals surface area contributed by atoms with Gasteiger partial charge in [0.15, 0.2) is 0 Å². The Balaban J connectivity index is 2.35. The van der Waals surface area contributed by atoms with E-state index in [1.165, 1.54) is 6.07 Å². The Kier molecular flexibility index (Phi) is 4.87. The average molecular weight is 408 g/mol. The maximum atomic E-state index is 13.5. The lowest BCUT2D eigenvalue weighted by Gasteiger charge is -2.13. The zero-order valence-corrected chi connectivity index (χ0v) is 13.9. The molecule has 5 heteroatoms. The first kappa shape index (κ1) is 14.8. The molecule has 0 aromatic heterocycles. The Morgan fingerprint density at radius 1 is 1.05 bits per heavy atom. The first-order chi connectivity index (χ1) is 9.02. The molecule has 0 amide bonds. The number of methoxy groups -OCH3 is 1. The van der Waals surface area contributed by atoms with E-state index in [0.717, 1.165) is 15.8 Å². The van der Waals surface area contributed by atoms with Crippen LogP contribution < -0.4 is 4.74 Å². The summed E-state index contributed by atoms with van der Waals surface area (Å²) in [6.45, 7) is 0. The Hall–Kier alpha value is -0.580. The van der Waals surface area contributed by atoms with Gasteiger partial charge in [0.2, 0.25) is 0 Å². The molecule has 1 atom stereocenters. The Labute approximate surface area is 133 Å². The molecule has 0 saturated heterocycles. The van der Waals surface area contributed by atoms with Crippen LogP contribution in [0, 0.1) is 5.82 Å². The number of hydrogen-bond acceptors (Lipinski definition) is 1. The molecule has 0 heterocycles. The van der Waals surface area contributed by atoms with Crippen molar-refractivity contribution in [1.29, 1.82) is 0 Å². The molecule has 19 heavy (non-hydrogen) atoms. The van der Waals surface area contributed by atoms with E-state index in [-0.39, 0.29) is 5.82 Å². The summed E-state index contributed by atoms with van der Waals surface area (Å²) in [4.78, 5) is 0. The van der Waals surface area contributed by atoms with E-state index in [2.05, 4.69) is 31.9 Å². The third-order valence-electron chi connectivity index (χ3n) is 2.70. The summed E-state index contributed by atoms with van der Waals surface area (Å²) in [5, 5.41) is -0.412. The Morgan fingerprint density at radius 3 is 2.26 bits per heavy atom. The molecule has 1 unspecified atom stereocenters. The number of ether oxygens (including phenoxy) is 1. The maximum absolute atomic E-state index is 13.5. The van der Waals surface area contributed by atoms with Crippen LogP contribution in [0.1, 0.15) is 16.5 Å². The summed E-state index contributed by atoms with van der Waals surface area (Å²) in [5.74, 6) is 0.408. The zero-order valence-electron chi connectivity index (χ0n) is 9.96. The van der Waals surface area contributed by atoms with Gasteiger partial charge in [-0.15, -0.1) is 11.6 Å². The van der Waals surface area contributed by atoms with Crippen LogP contribution in [0.3, 0.4) is 0 Å². The Bertz CT molecular complexity index is 604. The lowest BCUT2D eigenvalue weighted by Crippen LogP contribution is -1.95. The quantitative estimate of drug-likeness (QED) is 0.593. The van der Waals surface area contributed by atoms with E-state index in [9.17, 15) is 4.39 Å². The van der Waals surface area contributed by atoms with Gasteiger partial charge in [-0.3, -0.25) is 0 Å². The highest BCUT2D eigenvalue weighted by Gasteiger charge is 2.14. The van der Waals surface area contributed by atoms with Crippen molar-refractivity contribution in [2.45, 2.75) is 5.38 Å². The van der Waals surface area contributed by atoms with Crippen molar-refractivity contribution in [3.8, 4) is 5.75 Å². The molecule has 1 nitrogen and oxygen atoms in total. The summed E-state index contributed by atoms with van der Waals surface area (Å²) in [6.07, 6.45) is 0. The molecule has 0 aliphatic rings. The molecule has 0 aliphatic carbocycles. The van der Waals surface area contributed by atoms with Gasteiger partial charge in [0.1, 0.15) is 11.6 Å². The fraction of sp³-hybridized carbons (Fsp3) is 0.143. The van der Waals surface area contributed by atoms with Gasteiger partial charge >= 0.3 is 0 Å². The van der Waals surface area contributed by atoms with E-state index >= 15 is 0 Å². The van der Waals surface area contributed by atoms with Crippen LogP contribution in [-0.4, -0.2) is 7.11 Å². The predicted molar refractivity (Wildman–Crippen MR) is 82.5 cm³/mol. The summed E-state index contributed by atoms with van der Waals surface area (Å²) in [6, 6.07) is 10.4. The lowest BCUT2D eigenvalue weighted by molar-refractivity contribution is 0.412. The molecule has 100 valence electrons. The summed E-state index contributed by atoms with van der Waals surface area (Å²) in [7, 11) is 1.60. The fourth-order valence-electron chi connectivity index (χ4n) is 1.70. The molecule has 0 spiro atoms. The number of hydrogen-bond donors (Lipinski definition) is 0. The van der Waals surface area contributed by atoms with Crippen LogP contribution in [-0.2, 0) is 0 Å². The molecule has 0 saturated carbocycles. The fourth-order valence-corrected chi connectivity index (χ4v) is 2.78. The summed E-state index contributed by atoms with van der Waals surface area (Å²) in [5.41, 5.74) is 1.58. The Morgan fingerprint density at radius 2 is 1.68 bits per heavy atom. The predicted octanol–water partition coefficient (Wildman–Crippen LogP) is 5.69. The van der Waals surface area contributed by atoms with Crippen molar-refractivity contribution < 1.29 is 9.13 Å². The van der Waals surface area contributed by atoms with E-state index in [4.69, 9.17) is 16.3 Å². The van der Waals surface area contributed by atoms with Crippen LogP contribution in [0.25, 0.3) is 0 Å². The molecule has 2 rings (SSSR count). The van der Waals surface area contributed by atoms with E-state index < -0.39 is 5.38 Å². The average Bonchev–Trinajstić information content (AvgIpc) is 2.41. The highest BCUT2D eigenvalue weighted by atomic mass is 79.9. The molecule has 0 N–H and O–H groups in total. The number of halogens is 4. The monoisotopic (exact) mass is 406 g/mol. The van der Waals surface area contributed by atoms with Gasteiger partial charge in [-0.1, -0.05) is 12.1 Å². The molecule has 2 aromatic carbocycles. The highest BCUT2D eigenvalue weighted by molar-refractivity contribution is 9.10. The van der Waals surface area contributed by atoms with Gasteiger partial charge in [-0.25, -0.2) is 4.39 Å². The SMILES string of the molecule is COc1ccc(C(Cl)c2ccc(Br)c(F)c2)cc1Br. The minimum absolute atomic E-state index is 0.323. The van der Waals surface area contributed by atoms with Crippen LogP contribution in [0.4, 0.5) is 4.39 Å². The molecule has 0 aliphatic heterocycles. The van der Waals surface area contributed by atoms with Gasteiger partial charge in [-0.05, 0) is 67.3 Å². The number of alkyl halides is 1. The molecular formula is C14H10Br2ClFO. The minimum atomic E-state index is -0.412. The smallest absolute Gasteiger partial charge is 0.137 e.